The van der Waals surface area contributed by atoms with Crippen LogP contribution in [0.25, 0.3) is 10.4 Å². The van der Waals surface area contributed by atoms with Gasteiger partial charge in [0, 0.05) is 4.88 Å². The molecule has 0 bridgehead atoms. The average molecular weight is 389 g/mol. The highest BCUT2D eigenvalue weighted by atomic mass is 32.1. The molecule has 2 aromatic rings. The van der Waals surface area contributed by atoms with E-state index in [0.717, 1.165) is 41.7 Å². The molecule has 1 aliphatic carbocycles. The van der Waals surface area contributed by atoms with Crippen LogP contribution < -0.4 is 10.1 Å². The highest BCUT2D eigenvalue weighted by Crippen LogP contribution is 2.41. The number of thiophene rings is 1. The van der Waals surface area contributed by atoms with Crippen LogP contribution in [0, 0.1) is 0 Å². The van der Waals surface area contributed by atoms with E-state index in [0.29, 0.717) is 4.88 Å². The summed E-state index contributed by atoms with van der Waals surface area (Å²) in [5.41, 5.74) is 3.34. The number of ether oxygens (including phenoxy) is 3. The second kappa shape index (κ2) is 7.79. The van der Waals surface area contributed by atoms with Gasteiger partial charge in [0.1, 0.15) is 10.6 Å². The second-order valence-corrected chi connectivity index (χ2v) is 7.07. The molecule has 1 aromatic carbocycles. The third kappa shape index (κ3) is 3.95. The van der Waals surface area contributed by atoms with E-state index in [1.54, 1.807) is 13.2 Å². The van der Waals surface area contributed by atoms with E-state index in [2.05, 4.69) is 4.74 Å². The molecule has 0 saturated carbocycles. The Hall–Kier alpha value is -2.87. The summed E-state index contributed by atoms with van der Waals surface area (Å²) >= 11 is 1.33. The fourth-order valence-corrected chi connectivity index (χ4v) is 4.02. The summed E-state index contributed by atoms with van der Waals surface area (Å²) in [6.07, 6.45) is -0.339. The molecule has 27 heavy (non-hydrogen) atoms. The number of benzene rings is 1. The van der Waals surface area contributed by atoms with Crippen LogP contribution in [0.15, 0.2) is 24.3 Å². The van der Waals surface area contributed by atoms with Gasteiger partial charge in [-0.1, -0.05) is 0 Å². The van der Waals surface area contributed by atoms with Crippen molar-refractivity contribution in [2.45, 2.75) is 25.9 Å². The zero-order chi connectivity index (χ0) is 19.6. The van der Waals surface area contributed by atoms with E-state index in [1.807, 2.05) is 23.5 Å². The van der Waals surface area contributed by atoms with Crippen LogP contribution in [0.3, 0.4) is 0 Å². The van der Waals surface area contributed by atoms with Gasteiger partial charge in [-0.05, 0) is 60.7 Å². The van der Waals surface area contributed by atoms with Crippen molar-refractivity contribution >= 4 is 29.3 Å². The lowest BCUT2D eigenvalue weighted by atomic mass is 9.91. The van der Waals surface area contributed by atoms with Crippen molar-refractivity contribution < 1.29 is 28.6 Å². The maximum Gasteiger partial charge on any atom is 0.413 e. The Morgan fingerprint density at radius 3 is 2.56 bits per heavy atom. The van der Waals surface area contributed by atoms with E-state index in [-0.39, 0.29) is 0 Å². The second-order valence-electron chi connectivity index (χ2n) is 6.02. The normalized spacial score (nSPS) is 13.0. The Morgan fingerprint density at radius 1 is 1.11 bits per heavy atom. The van der Waals surface area contributed by atoms with Crippen LogP contribution in [0.1, 0.15) is 27.7 Å². The van der Waals surface area contributed by atoms with Crippen molar-refractivity contribution in [3.63, 3.8) is 0 Å². The molecule has 0 saturated heterocycles. The molecule has 142 valence electrons. The third-order valence-electron chi connectivity index (χ3n) is 4.29. The van der Waals surface area contributed by atoms with Crippen molar-refractivity contribution in [1.29, 1.82) is 0 Å². The standard InChI is InChI=1S/C19H19NO6S/c1-10(17(21)20-19(23)25-3)26-18(22)15-9-12-5-4-11-8-13(24-2)6-7-14(11)16(12)27-15/h6-10H,4-5H2,1-3H3,(H,20,21,23)/t10-/m1/s1. The van der Waals surface area contributed by atoms with Gasteiger partial charge < -0.3 is 14.2 Å². The molecule has 1 heterocycles. The summed E-state index contributed by atoms with van der Waals surface area (Å²) in [5, 5.41) is 1.97. The van der Waals surface area contributed by atoms with Crippen molar-refractivity contribution in [3.05, 3.63) is 40.3 Å². The Morgan fingerprint density at radius 2 is 1.85 bits per heavy atom. The summed E-state index contributed by atoms with van der Waals surface area (Å²) < 4.78 is 14.8. The molecule has 7 nitrogen and oxygen atoms in total. The number of esters is 1. The van der Waals surface area contributed by atoms with Crippen molar-refractivity contribution in [3.8, 4) is 16.2 Å². The number of hydrogen-bond donors (Lipinski definition) is 1. The van der Waals surface area contributed by atoms with Crippen LogP contribution in [-0.2, 0) is 27.1 Å². The number of nitrogens with one attached hydrogen (secondary N) is 1. The summed E-state index contributed by atoms with van der Waals surface area (Å²) in [4.78, 5) is 36.7. The van der Waals surface area contributed by atoms with Crippen LogP contribution in [-0.4, -0.2) is 38.3 Å². The number of methoxy groups -OCH3 is 2. The largest absolute Gasteiger partial charge is 0.497 e. The molecule has 0 radical (unpaired) electrons. The Balaban J connectivity index is 1.76. The first-order chi connectivity index (χ1) is 12.9. The minimum Gasteiger partial charge on any atom is -0.497 e. The Kier molecular flexibility index (Phi) is 5.46. The topological polar surface area (TPSA) is 90.9 Å². The van der Waals surface area contributed by atoms with Gasteiger partial charge in [0.2, 0.25) is 0 Å². The molecular formula is C19H19NO6S. The van der Waals surface area contributed by atoms with Crippen LogP contribution >= 0.6 is 11.3 Å². The van der Waals surface area contributed by atoms with E-state index >= 15 is 0 Å². The third-order valence-corrected chi connectivity index (χ3v) is 5.49. The quantitative estimate of drug-likeness (QED) is 0.809. The maximum atomic E-state index is 12.4. The van der Waals surface area contributed by atoms with E-state index < -0.39 is 24.1 Å². The maximum absolute atomic E-state index is 12.4. The first-order valence-corrected chi connectivity index (χ1v) is 9.14. The molecule has 1 aliphatic rings. The number of hydrogen-bond acceptors (Lipinski definition) is 7. The van der Waals surface area contributed by atoms with Gasteiger partial charge in [0.15, 0.2) is 6.10 Å². The summed E-state index contributed by atoms with van der Waals surface area (Å²) in [7, 11) is 2.77. The zero-order valence-corrected chi connectivity index (χ0v) is 16.0. The number of imide groups is 1. The van der Waals surface area contributed by atoms with Gasteiger partial charge in [0.05, 0.1) is 14.2 Å². The number of alkyl carbamates (subject to hydrolysis) is 1. The minimum absolute atomic E-state index is 0.418. The lowest BCUT2D eigenvalue weighted by Crippen LogP contribution is -2.39. The molecule has 1 atom stereocenters. The van der Waals surface area contributed by atoms with Gasteiger partial charge in [0.25, 0.3) is 5.91 Å². The first kappa shape index (κ1) is 18.9. The van der Waals surface area contributed by atoms with Gasteiger partial charge in [-0.3, -0.25) is 10.1 Å². The van der Waals surface area contributed by atoms with Gasteiger partial charge in [-0.25, -0.2) is 9.59 Å². The Labute approximate surface area is 160 Å². The molecule has 8 heteroatoms. The van der Waals surface area contributed by atoms with Crippen molar-refractivity contribution in [2.75, 3.05) is 14.2 Å². The summed E-state index contributed by atoms with van der Waals surface area (Å²) in [5.74, 6) is -0.537. The molecule has 0 spiro atoms. The molecule has 0 unspecified atom stereocenters. The number of fused-ring (bicyclic) bond motifs is 3. The number of carbonyl (C=O) groups excluding carboxylic acids is 3. The predicted molar refractivity (Wildman–Crippen MR) is 99.1 cm³/mol. The summed E-state index contributed by atoms with van der Waals surface area (Å²) in [6, 6.07) is 7.70. The van der Waals surface area contributed by atoms with E-state index in [1.165, 1.54) is 23.8 Å². The minimum atomic E-state index is -1.12. The first-order valence-electron chi connectivity index (χ1n) is 8.32. The lowest BCUT2D eigenvalue weighted by Gasteiger charge is -2.16. The Bertz CT molecular complexity index is 904. The van der Waals surface area contributed by atoms with E-state index in [9.17, 15) is 14.4 Å². The van der Waals surface area contributed by atoms with Crippen LogP contribution in [0.4, 0.5) is 4.79 Å². The fraction of sp³-hybridized carbons (Fsp3) is 0.316. The monoisotopic (exact) mass is 389 g/mol. The fourth-order valence-electron chi connectivity index (χ4n) is 2.86. The van der Waals surface area contributed by atoms with Gasteiger partial charge in [-0.15, -0.1) is 11.3 Å². The van der Waals surface area contributed by atoms with Gasteiger partial charge in [-0.2, -0.15) is 0 Å². The van der Waals surface area contributed by atoms with Crippen molar-refractivity contribution in [2.24, 2.45) is 0 Å². The van der Waals surface area contributed by atoms with Gasteiger partial charge >= 0.3 is 12.1 Å². The number of carbonyl (C=O) groups is 3. The number of rotatable bonds is 4. The molecular weight excluding hydrogens is 370 g/mol. The smallest absolute Gasteiger partial charge is 0.413 e. The zero-order valence-electron chi connectivity index (χ0n) is 15.2. The predicted octanol–water partition coefficient (Wildman–Crippen LogP) is 2.95. The number of amides is 2. The molecule has 0 fully saturated rings. The van der Waals surface area contributed by atoms with Crippen LogP contribution in [0.5, 0.6) is 5.75 Å². The van der Waals surface area contributed by atoms with E-state index in [4.69, 9.17) is 9.47 Å². The SMILES string of the molecule is COC(=O)NC(=O)[C@@H](C)OC(=O)c1cc2c(s1)-c1ccc(OC)cc1CC2. The number of aryl methyl sites for hydroxylation is 2. The molecule has 1 aromatic heterocycles. The summed E-state index contributed by atoms with van der Waals surface area (Å²) in [6.45, 7) is 1.39. The van der Waals surface area contributed by atoms with Crippen LogP contribution in [0.2, 0.25) is 0 Å². The molecule has 3 rings (SSSR count). The lowest BCUT2D eigenvalue weighted by molar-refractivity contribution is -0.128. The molecule has 0 aliphatic heterocycles. The average Bonchev–Trinajstić information content (AvgIpc) is 3.12. The molecule has 2 amide bonds. The molecule has 1 N–H and O–H groups in total. The van der Waals surface area contributed by atoms with Crippen molar-refractivity contribution in [1.82, 2.24) is 5.32 Å². The highest BCUT2D eigenvalue weighted by molar-refractivity contribution is 7.17. The highest BCUT2D eigenvalue weighted by Gasteiger charge is 2.25.